The monoisotopic (exact) mass is 325 g/mol. The first-order chi connectivity index (χ1) is 7.83. The Labute approximate surface area is 109 Å². The summed E-state index contributed by atoms with van der Waals surface area (Å²) in [5.41, 5.74) is 3.13. The fourth-order valence-corrected chi connectivity index (χ4v) is 2.12. The van der Waals surface area contributed by atoms with Gasteiger partial charge in [0, 0.05) is 35.0 Å². The number of benzene rings is 2. The summed E-state index contributed by atoms with van der Waals surface area (Å²) in [5, 5.41) is 9.83. The van der Waals surface area contributed by atoms with Crippen molar-refractivity contribution in [2.45, 2.75) is 6.54 Å². The molecule has 16 heavy (non-hydrogen) atoms. The average Bonchev–Trinajstić information content (AvgIpc) is 2.31. The molecule has 2 rings (SSSR count). The third-order valence-corrected chi connectivity index (χ3v) is 2.85. The van der Waals surface area contributed by atoms with Crippen molar-refractivity contribution in [1.82, 2.24) is 3.53 Å². The van der Waals surface area contributed by atoms with E-state index in [-0.39, 0.29) is 0 Å². The summed E-state index contributed by atoms with van der Waals surface area (Å²) in [6.45, 7) is 0.783. The number of halogens is 1. The van der Waals surface area contributed by atoms with Crippen molar-refractivity contribution >= 4 is 22.9 Å². The minimum atomic E-state index is 0.323. The van der Waals surface area contributed by atoms with Gasteiger partial charge in [-0.3, -0.25) is 3.53 Å². The predicted molar refractivity (Wildman–Crippen MR) is 74.4 cm³/mol. The topological polar surface area (TPSA) is 32.3 Å². The number of para-hydroxylation sites is 1. The van der Waals surface area contributed by atoms with Crippen molar-refractivity contribution in [3.05, 3.63) is 54.1 Å². The largest absolute Gasteiger partial charge is 0.507 e. The highest BCUT2D eigenvalue weighted by atomic mass is 127. The van der Waals surface area contributed by atoms with Crippen LogP contribution in [-0.2, 0) is 6.54 Å². The minimum Gasteiger partial charge on any atom is -0.507 e. The second-order valence-corrected chi connectivity index (χ2v) is 4.25. The van der Waals surface area contributed by atoms with Gasteiger partial charge in [0.05, 0.1) is 0 Å². The highest BCUT2D eigenvalue weighted by Crippen LogP contribution is 2.31. The molecule has 0 spiro atoms. The fourth-order valence-electron chi connectivity index (χ4n) is 1.71. The van der Waals surface area contributed by atoms with E-state index in [1.807, 2.05) is 36.4 Å². The Morgan fingerprint density at radius 1 is 0.938 bits per heavy atom. The first-order valence-corrected chi connectivity index (χ1v) is 6.10. The van der Waals surface area contributed by atoms with Crippen molar-refractivity contribution in [1.29, 1.82) is 0 Å². The van der Waals surface area contributed by atoms with Crippen molar-refractivity contribution in [2.75, 3.05) is 0 Å². The quantitative estimate of drug-likeness (QED) is 0.669. The van der Waals surface area contributed by atoms with Gasteiger partial charge in [-0.15, -0.1) is 0 Å². The lowest BCUT2D eigenvalue weighted by atomic mass is 9.99. The van der Waals surface area contributed by atoms with Gasteiger partial charge in [-0.05, 0) is 17.2 Å². The zero-order valence-corrected chi connectivity index (χ0v) is 10.8. The molecule has 0 saturated heterocycles. The van der Waals surface area contributed by atoms with E-state index in [0.717, 1.165) is 17.7 Å². The van der Waals surface area contributed by atoms with E-state index in [1.165, 1.54) is 5.56 Å². The van der Waals surface area contributed by atoms with E-state index in [2.05, 4.69) is 32.5 Å². The van der Waals surface area contributed by atoms with Crippen LogP contribution in [0.2, 0.25) is 0 Å². The Bertz CT molecular complexity index is 485. The number of nitrogens with one attached hydrogen (secondary N) is 1. The lowest BCUT2D eigenvalue weighted by molar-refractivity contribution is 0.477. The number of phenolic OH excluding ortho intramolecular Hbond substituents is 1. The fraction of sp³-hybridized carbons (Fsp3) is 0.0769. The highest BCUT2D eigenvalue weighted by molar-refractivity contribution is 14.1. The van der Waals surface area contributed by atoms with E-state index in [0.29, 0.717) is 5.75 Å². The van der Waals surface area contributed by atoms with Crippen LogP contribution in [0.5, 0.6) is 5.75 Å². The molecule has 2 nitrogen and oxygen atoms in total. The Morgan fingerprint density at radius 3 is 2.25 bits per heavy atom. The number of hydrogen-bond donors (Lipinski definition) is 2. The molecule has 0 aliphatic carbocycles. The molecule has 0 atom stereocenters. The molecule has 2 N–H and O–H groups in total. The van der Waals surface area contributed by atoms with Crippen LogP contribution in [0.4, 0.5) is 0 Å². The zero-order valence-electron chi connectivity index (χ0n) is 8.65. The van der Waals surface area contributed by atoms with E-state index < -0.39 is 0 Å². The van der Waals surface area contributed by atoms with Gasteiger partial charge in [0.2, 0.25) is 0 Å². The molecule has 0 aromatic heterocycles. The van der Waals surface area contributed by atoms with Crippen molar-refractivity contribution in [3.8, 4) is 16.9 Å². The van der Waals surface area contributed by atoms with Gasteiger partial charge in [0.25, 0.3) is 0 Å². The second-order valence-electron chi connectivity index (χ2n) is 3.48. The van der Waals surface area contributed by atoms with Crippen LogP contribution < -0.4 is 3.53 Å². The Morgan fingerprint density at radius 2 is 1.56 bits per heavy atom. The average molecular weight is 325 g/mol. The molecule has 2 aromatic carbocycles. The maximum Gasteiger partial charge on any atom is 0.123 e. The number of hydrogen-bond acceptors (Lipinski definition) is 2. The second kappa shape index (κ2) is 5.32. The van der Waals surface area contributed by atoms with E-state index in [4.69, 9.17) is 0 Å². The molecule has 0 unspecified atom stereocenters. The Hall–Kier alpha value is -1.07. The number of phenols is 1. The van der Waals surface area contributed by atoms with Crippen LogP contribution in [0.15, 0.2) is 48.5 Å². The molecule has 82 valence electrons. The van der Waals surface area contributed by atoms with E-state index in [1.54, 1.807) is 6.07 Å². The van der Waals surface area contributed by atoms with Gasteiger partial charge in [0.15, 0.2) is 0 Å². The SMILES string of the molecule is Oc1ccccc1-c1ccccc1CNI. The molecule has 0 aliphatic heterocycles. The molecule has 0 saturated carbocycles. The molecule has 0 heterocycles. The van der Waals surface area contributed by atoms with Gasteiger partial charge in [0.1, 0.15) is 5.75 Å². The first-order valence-electron chi connectivity index (χ1n) is 5.02. The van der Waals surface area contributed by atoms with Crippen LogP contribution in [0.25, 0.3) is 11.1 Å². The smallest absolute Gasteiger partial charge is 0.123 e. The summed E-state index contributed by atoms with van der Waals surface area (Å²) >= 11 is 2.12. The minimum absolute atomic E-state index is 0.323. The molecule has 0 amide bonds. The van der Waals surface area contributed by atoms with Crippen molar-refractivity contribution in [2.24, 2.45) is 0 Å². The summed E-state index contributed by atoms with van der Waals surface area (Å²) in [4.78, 5) is 0. The summed E-state index contributed by atoms with van der Waals surface area (Å²) < 4.78 is 3.10. The van der Waals surface area contributed by atoms with Gasteiger partial charge < -0.3 is 5.11 Å². The summed E-state index contributed by atoms with van der Waals surface area (Å²) in [7, 11) is 0. The maximum absolute atomic E-state index is 9.83. The number of aromatic hydroxyl groups is 1. The summed E-state index contributed by atoms with van der Waals surface area (Å²) in [6, 6.07) is 15.5. The molecule has 0 fully saturated rings. The molecular formula is C13H12INO. The van der Waals surface area contributed by atoms with Crippen LogP contribution in [0.1, 0.15) is 5.56 Å². The standard InChI is InChI=1S/C13H12INO/c14-15-9-10-5-1-2-6-11(10)12-7-3-4-8-13(12)16/h1-8,15-16H,9H2. The van der Waals surface area contributed by atoms with Crippen molar-refractivity contribution < 1.29 is 5.11 Å². The van der Waals surface area contributed by atoms with E-state index in [9.17, 15) is 5.11 Å². The van der Waals surface area contributed by atoms with Gasteiger partial charge in [-0.1, -0.05) is 42.5 Å². The predicted octanol–water partition coefficient (Wildman–Crippen LogP) is 3.50. The van der Waals surface area contributed by atoms with Crippen LogP contribution in [0.3, 0.4) is 0 Å². The molecule has 2 aromatic rings. The van der Waals surface area contributed by atoms with Crippen molar-refractivity contribution in [3.63, 3.8) is 0 Å². The molecule has 3 heteroatoms. The van der Waals surface area contributed by atoms with Gasteiger partial charge >= 0.3 is 0 Å². The molecule has 0 radical (unpaired) electrons. The van der Waals surface area contributed by atoms with Crippen LogP contribution >= 0.6 is 22.9 Å². The molecule has 0 aliphatic rings. The lowest BCUT2D eigenvalue weighted by Crippen LogP contribution is -1.99. The highest BCUT2D eigenvalue weighted by Gasteiger charge is 2.07. The maximum atomic E-state index is 9.83. The summed E-state index contributed by atoms with van der Waals surface area (Å²) in [5.74, 6) is 0.323. The third-order valence-electron chi connectivity index (χ3n) is 2.47. The lowest BCUT2D eigenvalue weighted by Gasteiger charge is -2.10. The van der Waals surface area contributed by atoms with Gasteiger partial charge in [-0.2, -0.15) is 0 Å². The summed E-state index contributed by atoms with van der Waals surface area (Å²) in [6.07, 6.45) is 0. The molecular weight excluding hydrogens is 313 g/mol. The Balaban J connectivity index is 2.51. The Kier molecular flexibility index (Phi) is 3.79. The van der Waals surface area contributed by atoms with E-state index >= 15 is 0 Å². The van der Waals surface area contributed by atoms with Crippen LogP contribution in [0, 0.1) is 0 Å². The number of rotatable bonds is 3. The van der Waals surface area contributed by atoms with Gasteiger partial charge in [-0.25, -0.2) is 0 Å². The zero-order chi connectivity index (χ0) is 11.4. The third kappa shape index (κ3) is 2.36. The first kappa shape index (κ1) is 11.4. The normalized spacial score (nSPS) is 10.3. The van der Waals surface area contributed by atoms with Crippen LogP contribution in [-0.4, -0.2) is 5.11 Å². The molecule has 0 bridgehead atoms.